The van der Waals surface area contributed by atoms with Crippen LogP contribution in [0.25, 0.3) is 0 Å². The predicted octanol–water partition coefficient (Wildman–Crippen LogP) is 1.14. The van der Waals surface area contributed by atoms with Crippen LogP contribution in [0.1, 0.15) is 5.56 Å². The fourth-order valence-corrected chi connectivity index (χ4v) is 0.873. The van der Waals surface area contributed by atoms with Crippen LogP contribution in [0.3, 0.4) is 0 Å². The van der Waals surface area contributed by atoms with E-state index in [0.29, 0.717) is 5.84 Å². The zero-order valence-corrected chi connectivity index (χ0v) is 9.15. The maximum Gasteiger partial charge on any atom is 0.142 e. The fourth-order valence-electron chi connectivity index (χ4n) is 0.873. The third-order valence-corrected chi connectivity index (χ3v) is 1.41. The molecule has 66 valence electrons. The predicted molar refractivity (Wildman–Crippen MR) is 61.6 cm³/mol. The van der Waals surface area contributed by atoms with Crippen molar-refractivity contribution in [3.63, 3.8) is 0 Å². The van der Waals surface area contributed by atoms with Gasteiger partial charge in [-0.1, -0.05) is 30.3 Å². The van der Waals surface area contributed by atoms with Crippen LogP contribution in [-0.4, -0.2) is 12.9 Å². The lowest BCUT2D eigenvalue weighted by Crippen LogP contribution is -2.30. The van der Waals surface area contributed by atoms with E-state index in [1.54, 1.807) is 7.05 Å². The van der Waals surface area contributed by atoms with Crippen LogP contribution >= 0.6 is 24.0 Å². The molecule has 1 rings (SSSR count). The number of amidine groups is 1. The summed E-state index contributed by atoms with van der Waals surface area (Å²) >= 11 is 0. The summed E-state index contributed by atoms with van der Waals surface area (Å²) in [4.78, 5) is 3.96. The minimum atomic E-state index is 0. The van der Waals surface area contributed by atoms with Crippen molar-refractivity contribution in [1.82, 2.24) is 5.43 Å². The number of aliphatic imine (C=N–C) groups is 1. The second-order valence-electron chi connectivity index (χ2n) is 2.08. The summed E-state index contributed by atoms with van der Waals surface area (Å²) in [5, 5.41) is 0. The van der Waals surface area contributed by atoms with Crippen molar-refractivity contribution in [3.8, 4) is 0 Å². The van der Waals surface area contributed by atoms with Gasteiger partial charge in [-0.25, -0.2) is 5.84 Å². The standard InChI is InChI=1S/C8H11N3.HI/c1-10-8(11-9)7-5-3-2-4-6-7;/h2-6H,9H2,1H3,(H,10,11);1H. The van der Waals surface area contributed by atoms with Gasteiger partial charge in [0.25, 0.3) is 0 Å². The summed E-state index contributed by atoms with van der Waals surface area (Å²) in [7, 11) is 1.70. The van der Waals surface area contributed by atoms with Crippen LogP contribution < -0.4 is 11.3 Å². The molecule has 0 aliphatic heterocycles. The van der Waals surface area contributed by atoms with Crippen LogP contribution in [0.4, 0.5) is 0 Å². The highest BCUT2D eigenvalue weighted by Crippen LogP contribution is 1.97. The number of nitrogens with two attached hydrogens (primary N) is 1. The van der Waals surface area contributed by atoms with Gasteiger partial charge < -0.3 is 5.43 Å². The van der Waals surface area contributed by atoms with Crippen molar-refractivity contribution in [2.45, 2.75) is 0 Å². The molecule has 0 fully saturated rings. The molecule has 4 heteroatoms. The molecule has 1 aromatic rings. The fraction of sp³-hybridized carbons (Fsp3) is 0.125. The summed E-state index contributed by atoms with van der Waals surface area (Å²) in [5.41, 5.74) is 3.52. The molecule has 0 saturated heterocycles. The van der Waals surface area contributed by atoms with E-state index in [9.17, 15) is 0 Å². The second kappa shape index (κ2) is 5.96. The molecular formula is C8H12IN3. The molecule has 0 atom stereocenters. The van der Waals surface area contributed by atoms with E-state index in [2.05, 4.69) is 10.4 Å². The molecule has 0 aliphatic rings. The lowest BCUT2D eigenvalue weighted by Gasteiger charge is -2.02. The van der Waals surface area contributed by atoms with Gasteiger partial charge in [0, 0.05) is 12.6 Å². The molecular weight excluding hydrogens is 265 g/mol. The minimum Gasteiger partial charge on any atom is -0.308 e. The minimum absolute atomic E-state index is 0. The number of rotatable bonds is 1. The van der Waals surface area contributed by atoms with E-state index in [-0.39, 0.29) is 24.0 Å². The Kier molecular flexibility index (Phi) is 5.65. The monoisotopic (exact) mass is 277 g/mol. The molecule has 0 aliphatic carbocycles. The first kappa shape index (κ1) is 11.4. The van der Waals surface area contributed by atoms with E-state index in [1.807, 2.05) is 30.3 Å². The van der Waals surface area contributed by atoms with Crippen molar-refractivity contribution in [1.29, 1.82) is 0 Å². The van der Waals surface area contributed by atoms with E-state index in [1.165, 1.54) is 0 Å². The molecule has 0 amide bonds. The first-order chi connectivity index (χ1) is 5.38. The van der Waals surface area contributed by atoms with Crippen molar-refractivity contribution in [2.75, 3.05) is 7.05 Å². The van der Waals surface area contributed by atoms with Crippen LogP contribution in [0.5, 0.6) is 0 Å². The Morgan fingerprint density at radius 3 is 2.33 bits per heavy atom. The van der Waals surface area contributed by atoms with E-state index < -0.39 is 0 Å². The molecule has 0 unspecified atom stereocenters. The first-order valence-corrected chi connectivity index (χ1v) is 3.37. The molecule has 0 spiro atoms. The number of nitrogens with zero attached hydrogens (tertiary/aromatic N) is 1. The quantitative estimate of drug-likeness (QED) is 0.266. The summed E-state index contributed by atoms with van der Waals surface area (Å²) in [6, 6.07) is 9.73. The van der Waals surface area contributed by atoms with Crippen LogP contribution in [0, 0.1) is 0 Å². The maximum atomic E-state index is 5.23. The van der Waals surface area contributed by atoms with Gasteiger partial charge in [-0.3, -0.25) is 4.99 Å². The van der Waals surface area contributed by atoms with Gasteiger partial charge in [0.15, 0.2) is 0 Å². The van der Waals surface area contributed by atoms with Gasteiger partial charge in [-0.2, -0.15) is 0 Å². The number of hydrogen-bond donors (Lipinski definition) is 2. The Morgan fingerprint density at radius 1 is 1.33 bits per heavy atom. The molecule has 0 saturated carbocycles. The Morgan fingerprint density at radius 2 is 1.92 bits per heavy atom. The number of hydrogen-bond acceptors (Lipinski definition) is 2. The molecule has 0 bridgehead atoms. The van der Waals surface area contributed by atoms with Gasteiger partial charge in [0.05, 0.1) is 0 Å². The van der Waals surface area contributed by atoms with E-state index >= 15 is 0 Å². The molecule has 1 aromatic carbocycles. The van der Waals surface area contributed by atoms with Gasteiger partial charge in [-0.15, -0.1) is 24.0 Å². The number of halogens is 1. The average Bonchev–Trinajstić information content (AvgIpc) is 2.09. The zero-order chi connectivity index (χ0) is 8.10. The smallest absolute Gasteiger partial charge is 0.142 e. The third-order valence-electron chi connectivity index (χ3n) is 1.41. The summed E-state index contributed by atoms with van der Waals surface area (Å²) < 4.78 is 0. The molecule has 12 heavy (non-hydrogen) atoms. The normalized spacial score (nSPS) is 10.3. The summed E-state index contributed by atoms with van der Waals surface area (Å²) in [5.74, 6) is 5.93. The lowest BCUT2D eigenvalue weighted by atomic mass is 10.2. The lowest BCUT2D eigenvalue weighted by molar-refractivity contribution is 1.02. The first-order valence-electron chi connectivity index (χ1n) is 3.37. The number of nitrogens with one attached hydrogen (secondary N) is 1. The Bertz CT molecular complexity index is 246. The number of benzene rings is 1. The highest BCUT2D eigenvalue weighted by atomic mass is 127. The third kappa shape index (κ3) is 2.78. The second-order valence-corrected chi connectivity index (χ2v) is 2.08. The average molecular weight is 277 g/mol. The Labute approximate surface area is 89.1 Å². The molecule has 3 N–H and O–H groups in total. The summed E-state index contributed by atoms with van der Waals surface area (Å²) in [6.07, 6.45) is 0. The van der Waals surface area contributed by atoms with Crippen LogP contribution in [-0.2, 0) is 0 Å². The van der Waals surface area contributed by atoms with Crippen molar-refractivity contribution in [2.24, 2.45) is 10.8 Å². The topological polar surface area (TPSA) is 50.4 Å². The highest BCUT2D eigenvalue weighted by molar-refractivity contribution is 14.0. The van der Waals surface area contributed by atoms with Gasteiger partial charge in [0.2, 0.25) is 0 Å². The van der Waals surface area contributed by atoms with Crippen molar-refractivity contribution in [3.05, 3.63) is 35.9 Å². The Hall–Kier alpha value is -0.620. The Balaban J connectivity index is 0.00000121. The summed E-state index contributed by atoms with van der Waals surface area (Å²) in [6.45, 7) is 0. The maximum absolute atomic E-state index is 5.23. The van der Waals surface area contributed by atoms with Gasteiger partial charge >= 0.3 is 0 Å². The van der Waals surface area contributed by atoms with Gasteiger partial charge in [0.1, 0.15) is 5.84 Å². The van der Waals surface area contributed by atoms with Crippen LogP contribution in [0.15, 0.2) is 35.3 Å². The van der Waals surface area contributed by atoms with Gasteiger partial charge in [-0.05, 0) is 0 Å². The SMILES string of the molecule is CN=C(NN)c1ccccc1.I. The van der Waals surface area contributed by atoms with Crippen LogP contribution in [0.2, 0.25) is 0 Å². The van der Waals surface area contributed by atoms with Crippen molar-refractivity contribution >= 4 is 29.8 Å². The molecule has 0 heterocycles. The molecule has 3 nitrogen and oxygen atoms in total. The van der Waals surface area contributed by atoms with Crippen molar-refractivity contribution < 1.29 is 0 Å². The largest absolute Gasteiger partial charge is 0.308 e. The van der Waals surface area contributed by atoms with E-state index in [4.69, 9.17) is 5.84 Å². The highest BCUT2D eigenvalue weighted by Gasteiger charge is 1.95. The van der Waals surface area contributed by atoms with E-state index in [0.717, 1.165) is 5.56 Å². The zero-order valence-electron chi connectivity index (χ0n) is 6.82. The molecule has 0 aromatic heterocycles. The number of hydrazine groups is 1. The molecule has 0 radical (unpaired) electrons.